The maximum absolute atomic E-state index is 11.8. The molecule has 14 heavy (non-hydrogen) atoms. The molecule has 0 aliphatic heterocycles. The van der Waals surface area contributed by atoms with Crippen LogP contribution in [0.1, 0.15) is 6.92 Å². The average Bonchev–Trinajstić information content (AvgIpc) is 2.18. The van der Waals surface area contributed by atoms with Crippen LogP contribution in [-0.2, 0) is 6.54 Å². The molecule has 0 N–H and O–H groups in total. The highest BCUT2D eigenvalue weighted by atomic mass is 79.9. The summed E-state index contributed by atoms with van der Waals surface area (Å²) >= 11 is 3.38. The third-order valence-electron chi connectivity index (χ3n) is 2.28. The predicted molar refractivity (Wildman–Crippen MR) is 61.6 cm³/mol. The molecule has 0 spiro atoms. The van der Waals surface area contributed by atoms with Gasteiger partial charge in [-0.15, -0.1) is 0 Å². The third kappa shape index (κ3) is 1.48. The summed E-state index contributed by atoms with van der Waals surface area (Å²) in [5.74, 6) is 0. The van der Waals surface area contributed by atoms with E-state index in [2.05, 4.69) is 15.9 Å². The van der Waals surface area contributed by atoms with Crippen molar-refractivity contribution in [1.82, 2.24) is 4.57 Å². The quantitative estimate of drug-likeness (QED) is 0.764. The van der Waals surface area contributed by atoms with Crippen molar-refractivity contribution < 1.29 is 0 Å². The largest absolute Gasteiger partial charge is 0.315 e. The Kier molecular flexibility index (Phi) is 2.42. The molecule has 2 aromatic rings. The van der Waals surface area contributed by atoms with Gasteiger partial charge >= 0.3 is 0 Å². The molecular formula is C11H10BrNO. The van der Waals surface area contributed by atoms with E-state index in [0.29, 0.717) is 6.54 Å². The van der Waals surface area contributed by atoms with E-state index in [1.807, 2.05) is 37.4 Å². The molecule has 1 heterocycles. The summed E-state index contributed by atoms with van der Waals surface area (Å²) in [5.41, 5.74) is 0.0810. The minimum absolute atomic E-state index is 0.0810. The van der Waals surface area contributed by atoms with E-state index >= 15 is 0 Å². The second-order valence-corrected chi connectivity index (χ2v) is 4.05. The summed E-state index contributed by atoms with van der Waals surface area (Å²) < 4.78 is 2.70. The molecule has 0 bridgehead atoms. The Morgan fingerprint density at radius 3 is 2.86 bits per heavy atom. The van der Waals surface area contributed by atoms with Crippen molar-refractivity contribution in [2.75, 3.05) is 0 Å². The van der Waals surface area contributed by atoms with Crippen LogP contribution in [0.5, 0.6) is 0 Å². The first kappa shape index (κ1) is 9.46. The Morgan fingerprint density at radius 2 is 2.14 bits per heavy atom. The molecule has 2 rings (SSSR count). The Balaban J connectivity index is 2.84. The number of rotatable bonds is 1. The highest BCUT2D eigenvalue weighted by Crippen LogP contribution is 2.16. The van der Waals surface area contributed by atoms with Crippen molar-refractivity contribution >= 4 is 26.7 Å². The van der Waals surface area contributed by atoms with Gasteiger partial charge in [0.1, 0.15) is 0 Å². The van der Waals surface area contributed by atoms with Gasteiger partial charge in [-0.05, 0) is 36.6 Å². The van der Waals surface area contributed by atoms with Gasteiger partial charge in [-0.3, -0.25) is 4.79 Å². The van der Waals surface area contributed by atoms with Gasteiger partial charge in [0.25, 0.3) is 5.56 Å². The molecule has 0 saturated heterocycles. The molecule has 72 valence electrons. The van der Waals surface area contributed by atoms with Crippen LogP contribution in [0.25, 0.3) is 10.8 Å². The van der Waals surface area contributed by atoms with E-state index in [-0.39, 0.29) is 5.56 Å². The number of fused-ring (bicyclic) bond motifs is 1. The van der Waals surface area contributed by atoms with Crippen LogP contribution in [0.2, 0.25) is 0 Å². The molecule has 0 fully saturated rings. The van der Waals surface area contributed by atoms with Gasteiger partial charge in [0.05, 0.1) is 0 Å². The van der Waals surface area contributed by atoms with E-state index in [4.69, 9.17) is 0 Å². The van der Waals surface area contributed by atoms with Gasteiger partial charge in [-0.1, -0.05) is 15.9 Å². The fourth-order valence-electron chi connectivity index (χ4n) is 1.51. The van der Waals surface area contributed by atoms with Gasteiger partial charge in [-0.2, -0.15) is 0 Å². The summed E-state index contributed by atoms with van der Waals surface area (Å²) in [6, 6.07) is 7.67. The van der Waals surface area contributed by atoms with Gasteiger partial charge in [0, 0.05) is 22.6 Å². The molecule has 1 aromatic carbocycles. The molecular weight excluding hydrogens is 242 g/mol. The summed E-state index contributed by atoms with van der Waals surface area (Å²) in [6.45, 7) is 2.68. The normalized spacial score (nSPS) is 10.7. The highest BCUT2D eigenvalue weighted by molar-refractivity contribution is 9.10. The summed E-state index contributed by atoms with van der Waals surface area (Å²) in [5, 5.41) is 1.76. The fraction of sp³-hybridized carbons (Fsp3) is 0.182. The summed E-state index contributed by atoms with van der Waals surface area (Å²) in [7, 11) is 0. The van der Waals surface area contributed by atoms with E-state index < -0.39 is 0 Å². The molecule has 0 radical (unpaired) electrons. The molecule has 1 aromatic heterocycles. The second kappa shape index (κ2) is 3.58. The van der Waals surface area contributed by atoms with Crippen LogP contribution in [0, 0.1) is 0 Å². The van der Waals surface area contributed by atoms with Crippen molar-refractivity contribution in [3.63, 3.8) is 0 Å². The average molecular weight is 252 g/mol. The van der Waals surface area contributed by atoms with Crippen molar-refractivity contribution in [3.05, 3.63) is 45.3 Å². The molecule has 3 heteroatoms. The number of hydrogen-bond acceptors (Lipinski definition) is 1. The Bertz CT molecular complexity index is 530. The van der Waals surface area contributed by atoms with E-state index in [0.717, 1.165) is 15.2 Å². The topological polar surface area (TPSA) is 22.0 Å². The van der Waals surface area contributed by atoms with Crippen LogP contribution in [0.15, 0.2) is 39.7 Å². The van der Waals surface area contributed by atoms with Crippen molar-refractivity contribution in [1.29, 1.82) is 0 Å². The lowest BCUT2D eigenvalue weighted by molar-refractivity contribution is 0.735. The van der Waals surface area contributed by atoms with Crippen LogP contribution in [0.3, 0.4) is 0 Å². The maximum atomic E-state index is 11.8. The predicted octanol–water partition coefficient (Wildman–Crippen LogP) is 2.78. The molecule has 2 nitrogen and oxygen atoms in total. The first-order valence-electron chi connectivity index (χ1n) is 4.51. The number of nitrogens with zero attached hydrogens (tertiary/aromatic N) is 1. The molecule has 0 amide bonds. The SMILES string of the molecule is CCn1ccc2cc(Br)ccc2c1=O. The van der Waals surface area contributed by atoms with Crippen molar-refractivity contribution in [3.8, 4) is 0 Å². The van der Waals surface area contributed by atoms with E-state index in [1.165, 1.54) is 0 Å². The smallest absolute Gasteiger partial charge is 0.258 e. The second-order valence-electron chi connectivity index (χ2n) is 3.14. The number of aryl methyl sites for hydroxylation is 1. The summed E-state index contributed by atoms with van der Waals surface area (Å²) in [6.07, 6.45) is 1.83. The van der Waals surface area contributed by atoms with Crippen LogP contribution >= 0.6 is 15.9 Å². The number of hydrogen-bond donors (Lipinski definition) is 0. The molecule has 0 saturated carbocycles. The first-order chi connectivity index (χ1) is 6.72. The zero-order valence-corrected chi connectivity index (χ0v) is 9.41. The van der Waals surface area contributed by atoms with E-state index in [9.17, 15) is 4.79 Å². The standard InChI is InChI=1S/C11H10BrNO/c1-2-13-6-5-8-7-9(12)3-4-10(8)11(13)14/h3-7H,2H2,1H3. The lowest BCUT2D eigenvalue weighted by Gasteiger charge is -2.03. The van der Waals surface area contributed by atoms with Gasteiger partial charge in [0.15, 0.2) is 0 Å². The minimum atomic E-state index is 0.0810. The lowest BCUT2D eigenvalue weighted by atomic mass is 10.2. The molecule has 0 atom stereocenters. The van der Waals surface area contributed by atoms with Crippen molar-refractivity contribution in [2.45, 2.75) is 13.5 Å². The molecule has 0 unspecified atom stereocenters. The Labute approximate surface area is 90.3 Å². The first-order valence-corrected chi connectivity index (χ1v) is 5.30. The van der Waals surface area contributed by atoms with Crippen LogP contribution in [-0.4, -0.2) is 4.57 Å². The molecule has 0 aliphatic rings. The van der Waals surface area contributed by atoms with Crippen LogP contribution in [0.4, 0.5) is 0 Å². The van der Waals surface area contributed by atoms with E-state index in [1.54, 1.807) is 4.57 Å². The zero-order chi connectivity index (χ0) is 10.1. The Hall–Kier alpha value is -1.09. The Morgan fingerprint density at radius 1 is 1.36 bits per heavy atom. The van der Waals surface area contributed by atoms with Gasteiger partial charge in [-0.25, -0.2) is 0 Å². The number of pyridine rings is 1. The molecule has 0 aliphatic carbocycles. The number of halogens is 1. The lowest BCUT2D eigenvalue weighted by Crippen LogP contribution is -2.17. The number of benzene rings is 1. The number of aromatic nitrogens is 1. The summed E-state index contributed by atoms with van der Waals surface area (Å²) in [4.78, 5) is 11.8. The zero-order valence-electron chi connectivity index (χ0n) is 7.83. The fourth-order valence-corrected chi connectivity index (χ4v) is 1.89. The van der Waals surface area contributed by atoms with Gasteiger partial charge in [0.2, 0.25) is 0 Å². The monoisotopic (exact) mass is 251 g/mol. The maximum Gasteiger partial charge on any atom is 0.258 e. The highest BCUT2D eigenvalue weighted by Gasteiger charge is 2.00. The van der Waals surface area contributed by atoms with Crippen LogP contribution < -0.4 is 5.56 Å². The third-order valence-corrected chi connectivity index (χ3v) is 2.77. The van der Waals surface area contributed by atoms with Crippen molar-refractivity contribution in [2.24, 2.45) is 0 Å². The van der Waals surface area contributed by atoms with Gasteiger partial charge < -0.3 is 4.57 Å². The minimum Gasteiger partial charge on any atom is -0.315 e.